The Kier molecular flexibility index (Phi) is 7.85. The minimum atomic E-state index is -4.96. The smallest absolute Gasteiger partial charge is 0.422 e. The van der Waals surface area contributed by atoms with Crippen LogP contribution < -0.4 is 10.1 Å². The summed E-state index contributed by atoms with van der Waals surface area (Å²) in [7, 11) is 0. The molecule has 1 atom stereocenters. The molecule has 0 fully saturated rings. The highest BCUT2D eigenvalue weighted by molar-refractivity contribution is 9.10. The van der Waals surface area contributed by atoms with Gasteiger partial charge in [-0.05, 0) is 53.2 Å². The van der Waals surface area contributed by atoms with E-state index < -0.39 is 54.0 Å². The van der Waals surface area contributed by atoms with E-state index in [1.165, 1.54) is 19.1 Å². The molecular weight excluding hydrogens is 574 g/mol. The number of carbonyl (C=O) groups excluding carboxylic acids is 1. The number of alkyl halides is 8. The first-order valence-corrected chi connectivity index (χ1v) is 10.5. The maximum absolute atomic E-state index is 13.1. The average molecular weight is 588 g/mol. The molecule has 16 heteroatoms. The number of pyridine rings is 1. The van der Waals surface area contributed by atoms with Gasteiger partial charge in [0.15, 0.2) is 18.2 Å². The molecule has 0 radical (unpaired) electrons. The van der Waals surface area contributed by atoms with Gasteiger partial charge in [0.2, 0.25) is 4.73 Å². The molecule has 1 N–H and O–H groups in total. The number of aromatic nitrogens is 4. The zero-order chi connectivity index (χ0) is 26.8. The topological polar surface area (TPSA) is 81.9 Å². The van der Waals surface area contributed by atoms with Crippen LogP contribution in [-0.2, 0) is 6.18 Å². The van der Waals surface area contributed by atoms with E-state index in [1.54, 1.807) is 0 Å². The van der Waals surface area contributed by atoms with Crippen LogP contribution in [-0.4, -0.2) is 38.4 Å². The van der Waals surface area contributed by atoms with Crippen molar-refractivity contribution in [1.82, 2.24) is 25.1 Å². The minimum absolute atomic E-state index is 0.0211. The third-order valence-electron chi connectivity index (χ3n) is 4.48. The van der Waals surface area contributed by atoms with Crippen LogP contribution in [0.25, 0.3) is 5.82 Å². The maximum atomic E-state index is 13.1. The van der Waals surface area contributed by atoms with E-state index in [-0.39, 0.29) is 28.2 Å². The van der Waals surface area contributed by atoms with Crippen molar-refractivity contribution in [3.8, 4) is 11.6 Å². The predicted molar refractivity (Wildman–Crippen MR) is 111 cm³/mol. The molecule has 3 aromatic rings. The van der Waals surface area contributed by atoms with Crippen LogP contribution in [0.2, 0.25) is 0 Å². The molecule has 0 bridgehead atoms. The molecule has 194 valence electrons. The first-order chi connectivity index (χ1) is 16.6. The largest absolute Gasteiger partial charge is 0.483 e. The number of benzene rings is 1. The number of rotatable bonds is 7. The molecule has 0 saturated carbocycles. The van der Waals surface area contributed by atoms with E-state index in [9.17, 15) is 39.9 Å². The van der Waals surface area contributed by atoms with Gasteiger partial charge in [-0.15, -0.1) is 5.10 Å². The Bertz CT molecular complexity index is 1230. The summed E-state index contributed by atoms with van der Waals surface area (Å²) in [6.07, 6.45) is -11.8. The van der Waals surface area contributed by atoms with Gasteiger partial charge in [0.05, 0.1) is 17.8 Å². The lowest BCUT2D eigenvalue weighted by Crippen LogP contribution is -2.29. The molecule has 0 aliphatic carbocycles. The number of hydrogen-bond donors (Lipinski definition) is 1. The summed E-state index contributed by atoms with van der Waals surface area (Å²) in [5.41, 5.74) is -3.05. The maximum Gasteiger partial charge on any atom is 0.422 e. The number of ether oxygens (including phenoxy) is 1. The van der Waals surface area contributed by atoms with Gasteiger partial charge in [0.1, 0.15) is 5.75 Å². The monoisotopic (exact) mass is 587 g/mol. The SMILES string of the molecule is CC(NC(=O)c1cc(C(F)F)cc(C(F)(F)F)c1)c1nc(Br)nn1-c1ccc(OCC(F)(F)F)cn1. The first-order valence-electron chi connectivity index (χ1n) is 9.73. The molecule has 1 aromatic carbocycles. The Morgan fingerprint density at radius 1 is 1.14 bits per heavy atom. The molecule has 0 saturated heterocycles. The van der Waals surface area contributed by atoms with Crippen LogP contribution in [0.3, 0.4) is 0 Å². The van der Waals surface area contributed by atoms with E-state index in [0.29, 0.717) is 12.1 Å². The van der Waals surface area contributed by atoms with Gasteiger partial charge in [-0.3, -0.25) is 4.79 Å². The Hall–Kier alpha value is -3.30. The summed E-state index contributed by atoms with van der Waals surface area (Å²) >= 11 is 3.04. The zero-order valence-corrected chi connectivity index (χ0v) is 19.4. The van der Waals surface area contributed by atoms with Crippen molar-refractivity contribution in [2.45, 2.75) is 31.7 Å². The molecule has 1 unspecified atom stereocenters. The average Bonchev–Trinajstić information content (AvgIpc) is 3.18. The van der Waals surface area contributed by atoms with Gasteiger partial charge in [-0.2, -0.15) is 31.0 Å². The Labute approximate surface area is 205 Å². The van der Waals surface area contributed by atoms with E-state index in [2.05, 4.69) is 41.1 Å². The standard InChI is InChI=1S/C20H14BrF8N5O2/c1-9(31-17(35)11-4-10(15(22)23)5-12(6-11)20(27,28)29)16-32-18(21)33-34(16)14-3-2-13(7-30-14)36-8-19(24,25)26/h2-7,9,15H,8H2,1H3,(H,31,35). The number of hydrogen-bond acceptors (Lipinski definition) is 5. The van der Waals surface area contributed by atoms with Crippen LogP contribution in [0.15, 0.2) is 41.3 Å². The molecule has 36 heavy (non-hydrogen) atoms. The lowest BCUT2D eigenvalue weighted by atomic mass is 10.0. The van der Waals surface area contributed by atoms with Gasteiger partial charge in [0.25, 0.3) is 12.3 Å². The number of nitrogens with zero attached hydrogens (tertiary/aromatic N) is 4. The molecule has 0 aliphatic heterocycles. The van der Waals surface area contributed by atoms with Gasteiger partial charge >= 0.3 is 12.4 Å². The molecule has 0 spiro atoms. The fraction of sp³-hybridized carbons (Fsp3) is 0.300. The van der Waals surface area contributed by atoms with Gasteiger partial charge in [0, 0.05) is 11.1 Å². The summed E-state index contributed by atoms with van der Waals surface area (Å²) in [6.45, 7) is -0.132. The molecule has 7 nitrogen and oxygen atoms in total. The highest BCUT2D eigenvalue weighted by Crippen LogP contribution is 2.33. The summed E-state index contributed by atoms with van der Waals surface area (Å²) in [6, 6.07) is 2.76. The fourth-order valence-corrected chi connectivity index (χ4v) is 3.25. The second-order valence-corrected chi connectivity index (χ2v) is 7.95. The molecule has 2 heterocycles. The second-order valence-electron chi connectivity index (χ2n) is 7.24. The van der Waals surface area contributed by atoms with Crippen LogP contribution >= 0.6 is 15.9 Å². The highest BCUT2D eigenvalue weighted by atomic mass is 79.9. The van der Waals surface area contributed by atoms with Crippen molar-refractivity contribution in [2.75, 3.05) is 6.61 Å². The van der Waals surface area contributed by atoms with Crippen molar-refractivity contribution in [3.05, 3.63) is 63.8 Å². The molecule has 1 amide bonds. The summed E-state index contributed by atoms with van der Waals surface area (Å²) in [5.74, 6) is -1.20. The van der Waals surface area contributed by atoms with Crippen molar-refractivity contribution >= 4 is 21.8 Å². The minimum Gasteiger partial charge on any atom is -0.483 e. The van der Waals surface area contributed by atoms with Crippen LogP contribution in [0, 0.1) is 0 Å². The summed E-state index contributed by atoms with van der Waals surface area (Å²) < 4.78 is 108. The number of amides is 1. The molecular formula is C20H14BrF8N5O2. The van der Waals surface area contributed by atoms with Gasteiger partial charge in [-0.25, -0.2) is 18.7 Å². The van der Waals surface area contributed by atoms with Crippen molar-refractivity contribution in [2.24, 2.45) is 0 Å². The normalized spacial score (nSPS) is 13.1. The quantitative estimate of drug-likeness (QED) is 0.353. The van der Waals surface area contributed by atoms with Crippen LogP contribution in [0.5, 0.6) is 5.75 Å². The first kappa shape index (κ1) is 27.3. The van der Waals surface area contributed by atoms with E-state index in [4.69, 9.17) is 0 Å². The Balaban J connectivity index is 1.84. The lowest BCUT2D eigenvalue weighted by molar-refractivity contribution is -0.153. The Morgan fingerprint density at radius 2 is 1.83 bits per heavy atom. The predicted octanol–water partition coefficient (Wildman–Crippen LogP) is 5.81. The Morgan fingerprint density at radius 3 is 2.39 bits per heavy atom. The molecule has 3 rings (SSSR count). The van der Waals surface area contributed by atoms with Crippen molar-refractivity contribution in [3.63, 3.8) is 0 Å². The summed E-state index contributed by atoms with van der Waals surface area (Å²) in [4.78, 5) is 20.6. The number of halogens is 9. The van der Waals surface area contributed by atoms with Crippen LogP contribution in [0.1, 0.15) is 46.7 Å². The lowest BCUT2D eigenvalue weighted by Gasteiger charge is -2.16. The van der Waals surface area contributed by atoms with Crippen molar-refractivity contribution in [1.29, 1.82) is 0 Å². The zero-order valence-electron chi connectivity index (χ0n) is 17.8. The number of carbonyl (C=O) groups is 1. The van der Waals surface area contributed by atoms with E-state index in [0.717, 1.165) is 10.9 Å². The van der Waals surface area contributed by atoms with Crippen LogP contribution in [0.4, 0.5) is 35.1 Å². The fourth-order valence-electron chi connectivity index (χ4n) is 2.91. The van der Waals surface area contributed by atoms with Gasteiger partial charge < -0.3 is 10.1 Å². The molecule has 0 aliphatic rings. The van der Waals surface area contributed by atoms with Gasteiger partial charge in [-0.1, -0.05) is 0 Å². The van der Waals surface area contributed by atoms with Crippen molar-refractivity contribution < 1.29 is 44.7 Å². The molecule has 2 aromatic heterocycles. The van der Waals surface area contributed by atoms with E-state index in [1.807, 2.05) is 0 Å². The third-order valence-corrected chi connectivity index (χ3v) is 4.81. The summed E-state index contributed by atoms with van der Waals surface area (Å²) in [5, 5.41) is 6.38. The highest BCUT2D eigenvalue weighted by Gasteiger charge is 2.33. The van der Waals surface area contributed by atoms with E-state index >= 15 is 0 Å². The second kappa shape index (κ2) is 10.4. The third kappa shape index (κ3) is 6.89. The number of nitrogens with one attached hydrogen (secondary N) is 1.